The summed E-state index contributed by atoms with van der Waals surface area (Å²) in [5.41, 5.74) is 30.2. The van der Waals surface area contributed by atoms with Gasteiger partial charge in [0.15, 0.2) is 5.78 Å². The minimum absolute atomic E-state index is 0.0819. The first-order chi connectivity index (χ1) is 61.1. The maximum atomic E-state index is 14.9. The van der Waals surface area contributed by atoms with Crippen LogP contribution in [0.25, 0.3) is 82.0 Å². The number of anilines is 4. The number of unbranched alkanes of at least 4 members (excludes halogenated alkanes) is 30. The van der Waals surface area contributed by atoms with Gasteiger partial charge in [0, 0.05) is 54.6 Å². The molecule has 2 heterocycles. The van der Waals surface area contributed by atoms with E-state index in [9.17, 15) is 4.79 Å². The Kier molecular flexibility index (Phi) is 32.7. The summed E-state index contributed by atoms with van der Waals surface area (Å²) in [6.07, 6.45) is 69.7. The number of hydrogen-bond acceptors (Lipinski definition) is 5. The van der Waals surface area contributed by atoms with Crippen molar-refractivity contribution in [2.24, 2.45) is 0 Å². The van der Waals surface area contributed by atoms with Gasteiger partial charge in [0.05, 0.1) is 22.7 Å². The van der Waals surface area contributed by atoms with Crippen LogP contribution in [0.15, 0.2) is 214 Å². The van der Waals surface area contributed by atoms with Gasteiger partial charge >= 0.3 is 0 Å². The van der Waals surface area contributed by atoms with Crippen molar-refractivity contribution in [3.63, 3.8) is 0 Å². The van der Waals surface area contributed by atoms with Crippen molar-refractivity contribution in [2.75, 3.05) is 22.9 Å². The number of carbonyl (C=O) groups is 1. The molecule has 646 valence electrons. The maximum Gasteiger partial charge on any atom is 0.194 e. The van der Waals surface area contributed by atoms with E-state index < -0.39 is 0 Å². The van der Waals surface area contributed by atoms with Gasteiger partial charge in [-0.3, -0.25) is 4.79 Å². The molecule has 0 saturated heterocycles. The Morgan fingerprint density at radius 3 is 0.758 bits per heavy atom. The monoisotopic (exact) mass is 1680 g/mol. The zero-order chi connectivity index (χ0) is 85.3. The van der Waals surface area contributed by atoms with Crippen molar-refractivity contribution in [3.8, 4) is 33.4 Å². The van der Waals surface area contributed by atoms with Crippen molar-refractivity contribution >= 4 is 101 Å². The summed E-state index contributed by atoms with van der Waals surface area (Å²) in [5, 5.41) is 0. The van der Waals surface area contributed by atoms with Gasteiger partial charge in [-0.15, -0.1) is 0 Å². The fourth-order valence-corrected chi connectivity index (χ4v) is 23.5. The predicted octanol–water partition coefficient (Wildman–Crippen LogP) is 37.0. The number of fused-ring (bicyclic) bond motifs is 13. The Bertz CT molecular complexity index is 4990. The lowest BCUT2D eigenvalue weighted by molar-refractivity contribution is 0.104. The van der Waals surface area contributed by atoms with Crippen molar-refractivity contribution < 1.29 is 4.79 Å². The molecular weight excluding hydrogens is 1540 g/mol. The molecule has 3 aliphatic carbocycles. The minimum Gasteiger partial charge on any atom is -0.340 e. The van der Waals surface area contributed by atoms with E-state index >= 15 is 0 Å². The van der Waals surface area contributed by atoms with Crippen LogP contribution in [0.2, 0.25) is 0 Å². The third kappa shape index (κ3) is 21.5. The summed E-state index contributed by atoms with van der Waals surface area (Å²) in [4.78, 5) is 25.5. The van der Waals surface area contributed by atoms with E-state index in [1.54, 1.807) is 0 Å². The first kappa shape index (κ1) is 89.9. The lowest BCUT2D eigenvalue weighted by Gasteiger charge is -2.33. The Balaban J connectivity index is 0.672. The summed E-state index contributed by atoms with van der Waals surface area (Å²) in [6.45, 7) is 16.0. The molecule has 10 aromatic rings. The van der Waals surface area contributed by atoms with Crippen molar-refractivity contribution in [1.82, 2.24) is 0 Å². The second-order valence-electron chi connectivity index (χ2n) is 37.2. The third-order valence-corrected chi connectivity index (χ3v) is 30.4. The molecule has 0 amide bonds. The van der Waals surface area contributed by atoms with Gasteiger partial charge in [0.25, 0.3) is 0 Å². The molecule has 0 radical (unpaired) electrons. The summed E-state index contributed by atoms with van der Waals surface area (Å²) >= 11 is 3.85. The van der Waals surface area contributed by atoms with Crippen LogP contribution in [0, 0.1) is 0 Å². The number of nitrogens with zero attached hydrogens (tertiary/aromatic N) is 2. The van der Waals surface area contributed by atoms with E-state index in [0.29, 0.717) is 0 Å². The second kappa shape index (κ2) is 45.0. The molecule has 10 aromatic carbocycles. The van der Waals surface area contributed by atoms with E-state index in [1.807, 2.05) is 23.5 Å². The van der Waals surface area contributed by atoms with Crippen LogP contribution in [-0.4, -0.2) is 18.9 Å². The number of hydrogen-bond donors (Lipinski definition) is 0. The summed E-state index contributed by atoms with van der Waals surface area (Å²) in [5.74, 6) is 0.115. The Morgan fingerprint density at radius 2 is 0.460 bits per heavy atom. The molecule has 15 rings (SSSR count). The molecule has 124 heavy (non-hydrogen) atoms. The van der Waals surface area contributed by atoms with Gasteiger partial charge in [-0.05, 0) is 199 Å². The largest absolute Gasteiger partial charge is 0.340 e. The first-order valence-corrected chi connectivity index (χ1v) is 51.3. The van der Waals surface area contributed by atoms with Gasteiger partial charge in [-0.2, -0.15) is 0 Å². The number of carbonyl (C=O) groups excluding carboxylic acids is 1. The molecule has 0 saturated carbocycles. The van der Waals surface area contributed by atoms with Gasteiger partial charge in [-0.25, -0.2) is 0 Å². The topological polar surface area (TPSA) is 23.6 Å². The van der Waals surface area contributed by atoms with Crippen LogP contribution in [-0.2, 0) is 10.8 Å². The van der Waals surface area contributed by atoms with Crippen LogP contribution >= 0.6 is 23.5 Å². The smallest absolute Gasteiger partial charge is 0.194 e. The fourth-order valence-electron chi connectivity index (χ4n) is 21.2. The van der Waals surface area contributed by atoms with Crippen LogP contribution in [0.3, 0.4) is 0 Å². The van der Waals surface area contributed by atoms with Gasteiger partial charge in [-0.1, -0.05) is 465 Å². The highest BCUT2D eigenvalue weighted by atomic mass is 32.2. The van der Waals surface area contributed by atoms with Gasteiger partial charge in [0.1, 0.15) is 0 Å². The van der Waals surface area contributed by atoms with E-state index in [-0.39, 0.29) is 16.6 Å². The number of rotatable bonds is 50. The molecule has 0 spiro atoms. The van der Waals surface area contributed by atoms with Crippen molar-refractivity contribution in [1.29, 1.82) is 0 Å². The lowest BCUT2D eigenvalue weighted by atomic mass is 9.70. The molecule has 0 aromatic heterocycles. The summed E-state index contributed by atoms with van der Waals surface area (Å²) in [6, 6.07) is 75.1. The second-order valence-corrected chi connectivity index (χ2v) is 39.3. The normalized spacial score (nSPS) is 14.2. The predicted molar refractivity (Wildman–Crippen MR) is 543 cm³/mol. The average molecular weight is 1680 g/mol. The highest BCUT2D eigenvalue weighted by Crippen LogP contribution is 2.58. The fraction of sp³-hybridized carbons (Fsp3) is 0.420. The number of para-hydroxylation sites is 2. The molecule has 5 aliphatic rings. The quantitative estimate of drug-likeness (QED) is 0.0279. The van der Waals surface area contributed by atoms with Crippen LogP contribution in [0.5, 0.6) is 0 Å². The van der Waals surface area contributed by atoms with Gasteiger partial charge < -0.3 is 9.80 Å². The van der Waals surface area contributed by atoms with Crippen LogP contribution in [0.4, 0.5) is 22.7 Å². The maximum absolute atomic E-state index is 14.9. The van der Waals surface area contributed by atoms with Crippen molar-refractivity contribution in [2.45, 2.75) is 329 Å². The molecule has 5 heteroatoms. The zero-order valence-corrected chi connectivity index (χ0v) is 78.0. The summed E-state index contributed by atoms with van der Waals surface area (Å²) in [7, 11) is 0. The first-order valence-electron chi connectivity index (χ1n) is 49.7. The molecule has 0 fully saturated rings. The third-order valence-electron chi connectivity index (χ3n) is 28.2. The van der Waals surface area contributed by atoms with Crippen LogP contribution in [0.1, 0.15) is 381 Å². The lowest BCUT2D eigenvalue weighted by Crippen LogP contribution is -2.25. The Labute approximate surface area is 757 Å². The minimum atomic E-state index is -0.0819. The molecule has 3 nitrogen and oxygen atoms in total. The zero-order valence-electron chi connectivity index (χ0n) is 76.4. The van der Waals surface area contributed by atoms with E-state index in [0.717, 1.165) is 72.2 Å². The van der Waals surface area contributed by atoms with E-state index in [1.165, 1.54) is 351 Å². The average Bonchev–Trinajstić information content (AvgIpc) is 1.57. The number of ketones is 1. The highest BCUT2D eigenvalue weighted by molar-refractivity contribution is 8.00. The van der Waals surface area contributed by atoms with Crippen LogP contribution < -0.4 is 9.80 Å². The Morgan fingerprint density at radius 1 is 0.226 bits per heavy atom. The number of benzene rings is 10. The SMILES string of the molecule is CCCCCCCCN1c2ccccc2Sc2cc(/C=C/c3ccc4c(c3)C(CCCCCCCC)(CCCCCCCC)c3cc(/C=C/c5ccc6c(c5)C(=O)c5cc(/C=C/c7ccc8c(c7)C(CCCCCCCC)(CCCCCCCC)c7cc(/C=C/c9ccc%10c(c9)Sc9ccccc9N%10CCCCCCCC)ccc7-8)ccc5-6)ccc3-4)ccc21. The molecule has 0 N–H and O–H groups in total. The van der Waals surface area contributed by atoms with E-state index in [2.05, 4.69) is 294 Å². The Hall–Kier alpha value is -8.87. The molecule has 0 bridgehead atoms. The standard InChI is InChI=1S/C119H142N2OS2/c1-7-13-19-25-31-41-75-118(76-42-32-26-20-14-8-2)105-83-91(61-69-99(105)101-71-63-93(85-107(101)118)55-57-95-65-73-111-115(87-95)123-113-49-39-37-47-109(113)120(111)79-45-35-29-23-17-11-5)53-51-89-59-67-97-98-68-60-90(82-104(98)117(122)103(97)81-89)52-54-92-62-70-100-102-72-64-94(86-108(102)119(106(100)84-92,77-43-33-27-21-15-9-3)78-44-34-28-22-16-10-4)56-58-96-66-74-112-116(88-96)124-114-50-40-38-48-110(114)121(112)80-46-36-30-24-18-12-6/h37-40,47-74,81-88H,7-36,41-46,75-80H2,1-6H3/b53-51+,54-52+,57-55+,58-56+. The van der Waals surface area contributed by atoms with Crippen molar-refractivity contribution in [3.05, 3.63) is 272 Å². The van der Waals surface area contributed by atoms with E-state index in [4.69, 9.17) is 0 Å². The summed E-state index contributed by atoms with van der Waals surface area (Å²) < 4.78 is 0. The van der Waals surface area contributed by atoms with Gasteiger partial charge in [0.2, 0.25) is 0 Å². The molecular formula is C119H142N2OS2. The molecule has 2 aliphatic heterocycles. The molecule has 0 unspecified atom stereocenters. The highest BCUT2D eigenvalue weighted by Gasteiger charge is 2.44. The molecule has 0 atom stereocenters.